The summed E-state index contributed by atoms with van der Waals surface area (Å²) in [6.45, 7) is 2.15. The van der Waals surface area contributed by atoms with Crippen LogP contribution in [0.2, 0.25) is 0 Å². The highest BCUT2D eigenvalue weighted by atomic mass is 19.4. The smallest absolute Gasteiger partial charge is 0.399 e. The number of hydrogen-bond donors (Lipinski definition) is 2. The molecule has 0 fully saturated rings. The molecule has 0 saturated carbocycles. The number of rotatable bonds is 3. The predicted octanol–water partition coefficient (Wildman–Crippen LogP) is 3.60. The zero-order valence-corrected chi connectivity index (χ0v) is 10.8. The molecule has 0 atom stereocenters. The second-order valence-electron chi connectivity index (χ2n) is 4.46. The molecule has 0 amide bonds. The summed E-state index contributed by atoms with van der Waals surface area (Å²) in [4.78, 5) is 3.96. The monoisotopic (exact) mass is 281 g/mol. The number of benzene rings is 1. The van der Waals surface area contributed by atoms with E-state index in [1.165, 1.54) is 12.1 Å². The highest BCUT2D eigenvalue weighted by Crippen LogP contribution is 2.36. The van der Waals surface area contributed by atoms with Gasteiger partial charge in [0, 0.05) is 30.3 Å². The van der Waals surface area contributed by atoms with Crippen LogP contribution in [0.25, 0.3) is 0 Å². The van der Waals surface area contributed by atoms with Crippen molar-refractivity contribution >= 4 is 11.4 Å². The molecule has 0 unspecified atom stereocenters. The molecular formula is C14H14F3N3. The maximum atomic E-state index is 12.9. The predicted molar refractivity (Wildman–Crippen MR) is 72.2 cm³/mol. The molecule has 1 heterocycles. The number of nitrogens with zero attached hydrogens (tertiary/aromatic N) is 1. The fraction of sp³-hybridized carbons (Fsp3) is 0.214. The van der Waals surface area contributed by atoms with Gasteiger partial charge in [-0.15, -0.1) is 0 Å². The third kappa shape index (κ3) is 3.20. The maximum Gasteiger partial charge on any atom is 0.418 e. The molecule has 106 valence electrons. The molecule has 1 aromatic carbocycles. The summed E-state index contributed by atoms with van der Waals surface area (Å²) in [6.07, 6.45) is -1.17. The van der Waals surface area contributed by atoms with E-state index in [0.29, 0.717) is 0 Å². The lowest BCUT2D eigenvalue weighted by Gasteiger charge is -2.15. The number of halogens is 3. The minimum atomic E-state index is -4.44. The van der Waals surface area contributed by atoms with Crippen molar-refractivity contribution in [3.63, 3.8) is 0 Å². The van der Waals surface area contributed by atoms with Gasteiger partial charge in [-0.2, -0.15) is 13.2 Å². The third-order valence-electron chi connectivity index (χ3n) is 2.97. The summed E-state index contributed by atoms with van der Waals surface area (Å²) in [7, 11) is 0. The van der Waals surface area contributed by atoms with E-state index >= 15 is 0 Å². The number of pyridine rings is 1. The van der Waals surface area contributed by atoms with Gasteiger partial charge in [0.2, 0.25) is 0 Å². The van der Waals surface area contributed by atoms with E-state index in [-0.39, 0.29) is 17.9 Å². The Morgan fingerprint density at radius 1 is 1.25 bits per heavy atom. The molecule has 0 saturated heterocycles. The van der Waals surface area contributed by atoms with Crippen LogP contribution in [0.3, 0.4) is 0 Å². The van der Waals surface area contributed by atoms with Crippen molar-refractivity contribution in [3.8, 4) is 0 Å². The second kappa shape index (κ2) is 5.40. The first-order chi connectivity index (χ1) is 9.38. The van der Waals surface area contributed by atoms with Crippen molar-refractivity contribution in [2.24, 2.45) is 0 Å². The standard InChI is InChI=1S/C14H14F3N3/c1-9-4-5-19-7-10(9)8-20-13-3-2-11(18)6-12(13)14(15,16)17/h2-7,20H,8,18H2,1H3. The van der Waals surface area contributed by atoms with E-state index in [9.17, 15) is 13.2 Å². The summed E-state index contributed by atoms with van der Waals surface area (Å²) in [5.74, 6) is 0. The molecule has 0 aliphatic rings. The van der Waals surface area contributed by atoms with Crippen molar-refractivity contribution in [2.45, 2.75) is 19.6 Å². The summed E-state index contributed by atoms with van der Waals surface area (Å²) in [6, 6.07) is 5.51. The molecule has 0 aliphatic heterocycles. The molecule has 1 aromatic heterocycles. The summed E-state index contributed by atoms with van der Waals surface area (Å²) >= 11 is 0. The normalized spacial score (nSPS) is 11.4. The van der Waals surface area contributed by atoms with Gasteiger partial charge in [0.1, 0.15) is 0 Å². The van der Waals surface area contributed by atoms with E-state index in [0.717, 1.165) is 17.2 Å². The van der Waals surface area contributed by atoms with E-state index in [1.807, 2.05) is 13.0 Å². The molecule has 2 rings (SSSR count). The van der Waals surface area contributed by atoms with Crippen LogP contribution in [-0.2, 0) is 12.7 Å². The summed E-state index contributed by atoms with van der Waals surface area (Å²) < 4.78 is 38.8. The Bertz CT molecular complexity index is 609. The first-order valence-corrected chi connectivity index (χ1v) is 5.98. The highest BCUT2D eigenvalue weighted by Gasteiger charge is 2.33. The van der Waals surface area contributed by atoms with Gasteiger partial charge in [-0.3, -0.25) is 4.98 Å². The molecule has 3 nitrogen and oxygen atoms in total. The molecule has 0 spiro atoms. The minimum Gasteiger partial charge on any atom is -0.399 e. The van der Waals surface area contributed by atoms with E-state index in [2.05, 4.69) is 10.3 Å². The third-order valence-corrected chi connectivity index (χ3v) is 2.97. The lowest BCUT2D eigenvalue weighted by atomic mass is 10.1. The van der Waals surface area contributed by atoms with Crippen LogP contribution in [0.4, 0.5) is 24.5 Å². The molecule has 0 aliphatic carbocycles. The van der Waals surface area contributed by atoms with Crippen molar-refractivity contribution < 1.29 is 13.2 Å². The molecule has 2 aromatic rings. The number of anilines is 2. The van der Waals surface area contributed by atoms with Gasteiger partial charge in [0.05, 0.1) is 5.56 Å². The van der Waals surface area contributed by atoms with Crippen molar-refractivity contribution in [3.05, 3.63) is 53.3 Å². The number of nitrogen functional groups attached to an aromatic ring is 1. The number of aryl methyl sites for hydroxylation is 1. The molecular weight excluding hydrogens is 267 g/mol. The minimum absolute atomic E-state index is 0.00922. The van der Waals surface area contributed by atoms with Gasteiger partial charge in [-0.25, -0.2) is 0 Å². The number of aromatic nitrogens is 1. The van der Waals surface area contributed by atoms with Crippen molar-refractivity contribution in [1.29, 1.82) is 0 Å². The van der Waals surface area contributed by atoms with Crippen LogP contribution < -0.4 is 11.1 Å². The van der Waals surface area contributed by atoms with Gasteiger partial charge < -0.3 is 11.1 Å². The molecule has 6 heteroatoms. The van der Waals surface area contributed by atoms with Crippen LogP contribution in [0.1, 0.15) is 16.7 Å². The lowest BCUT2D eigenvalue weighted by molar-refractivity contribution is -0.136. The van der Waals surface area contributed by atoms with Crippen LogP contribution in [0.5, 0.6) is 0 Å². The number of nitrogens with one attached hydrogen (secondary N) is 1. The Kier molecular flexibility index (Phi) is 3.83. The number of nitrogens with two attached hydrogens (primary N) is 1. The summed E-state index contributed by atoms with van der Waals surface area (Å²) in [5.41, 5.74) is 6.56. The van der Waals surface area contributed by atoms with Gasteiger partial charge in [-0.1, -0.05) is 0 Å². The Morgan fingerprint density at radius 2 is 2.00 bits per heavy atom. The molecule has 0 bridgehead atoms. The van der Waals surface area contributed by atoms with E-state index < -0.39 is 11.7 Å². The van der Waals surface area contributed by atoms with Crippen LogP contribution in [0.15, 0.2) is 36.7 Å². The zero-order chi connectivity index (χ0) is 14.8. The zero-order valence-electron chi connectivity index (χ0n) is 10.8. The van der Waals surface area contributed by atoms with Gasteiger partial charge in [0.25, 0.3) is 0 Å². The first kappa shape index (κ1) is 14.2. The Labute approximate surface area is 114 Å². The molecule has 3 N–H and O–H groups in total. The number of alkyl halides is 3. The van der Waals surface area contributed by atoms with Gasteiger partial charge in [-0.05, 0) is 42.3 Å². The average Bonchev–Trinajstić information content (AvgIpc) is 2.38. The van der Waals surface area contributed by atoms with Crippen molar-refractivity contribution in [2.75, 3.05) is 11.1 Å². The van der Waals surface area contributed by atoms with Crippen LogP contribution in [-0.4, -0.2) is 4.98 Å². The first-order valence-electron chi connectivity index (χ1n) is 5.98. The van der Waals surface area contributed by atoms with Crippen molar-refractivity contribution in [1.82, 2.24) is 4.98 Å². The lowest BCUT2D eigenvalue weighted by Crippen LogP contribution is -2.12. The Morgan fingerprint density at radius 3 is 2.65 bits per heavy atom. The van der Waals surface area contributed by atoms with Gasteiger partial charge >= 0.3 is 6.18 Å². The van der Waals surface area contributed by atoms with Crippen LogP contribution in [0, 0.1) is 6.92 Å². The second-order valence-corrected chi connectivity index (χ2v) is 4.46. The number of hydrogen-bond acceptors (Lipinski definition) is 3. The highest BCUT2D eigenvalue weighted by molar-refractivity contribution is 5.59. The van der Waals surface area contributed by atoms with Gasteiger partial charge in [0.15, 0.2) is 0 Å². The largest absolute Gasteiger partial charge is 0.418 e. The maximum absolute atomic E-state index is 12.9. The molecule has 20 heavy (non-hydrogen) atoms. The average molecular weight is 281 g/mol. The quantitative estimate of drug-likeness (QED) is 0.845. The Hall–Kier alpha value is -2.24. The fourth-order valence-corrected chi connectivity index (χ4v) is 1.82. The van der Waals surface area contributed by atoms with Crippen LogP contribution >= 0.6 is 0 Å². The summed E-state index contributed by atoms with van der Waals surface area (Å²) in [5, 5.41) is 2.79. The molecule has 0 radical (unpaired) electrons. The fourth-order valence-electron chi connectivity index (χ4n) is 1.82. The van der Waals surface area contributed by atoms with E-state index in [1.54, 1.807) is 12.4 Å². The Balaban J connectivity index is 2.24. The SMILES string of the molecule is Cc1ccncc1CNc1ccc(N)cc1C(F)(F)F. The topological polar surface area (TPSA) is 50.9 Å². The van der Waals surface area contributed by atoms with E-state index in [4.69, 9.17) is 5.73 Å².